The predicted molar refractivity (Wildman–Crippen MR) is 121 cm³/mol. The summed E-state index contributed by atoms with van der Waals surface area (Å²) in [4.78, 5) is 17.3. The molecule has 0 N–H and O–H groups in total. The monoisotopic (exact) mass is 465 g/mol. The highest BCUT2D eigenvalue weighted by Gasteiger charge is 2.28. The lowest BCUT2D eigenvalue weighted by atomic mass is 9.88. The highest BCUT2D eigenvalue weighted by molar-refractivity contribution is 7.89. The molecule has 2 aliphatic heterocycles. The second-order valence-electron chi connectivity index (χ2n) is 8.84. The van der Waals surface area contributed by atoms with Crippen molar-refractivity contribution in [2.24, 2.45) is 5.92 Å². The van der Waals surface area contributed by atoms with Crippen LogP contribution < -0.4 is 4.74 Å². The number of benzene rings is 1. The number of carbonyl (C=O) groups is 1. The number of rotatable bonds is 7. The van der Waals surface area contributed by atoms with Gasteiger partial charge in [-0.1, -0.05) is 19.3 Å². The summed E-state index contributed by atoms with van der Waals surface area (Å²) in [5.41, 5.74) is 0. The van der Waals surface area contributed by atoms with Gasteiger partial charge in [-0.05, 0) is 37.1 Å². The first-order valence-corrected chi connectivity index (χ1v) is 13.3. The summed E-state index contributed by atoms with van der Waals surface area (Å²) in [6, 6.07) is 6.65. The van der Waals surface area contributed by atoms with Crippen molar-refractivity contribution in [3.8, 4) is 5.75 Å². The lowest BCUT2D eigenvalue weighted by Crippen LogP contribution is -2.51. The maximum Gasteiger partial charge on any atom is 0.243 e. The largest absolute Gasteiger partial charge is 0.492 e. The molecule has 1 aliphatic carbocycles. The van der Waals surface area contributed by atoms with Crippen LogP contribution >= 0.6 is 0 Å². The second kappa shape index (κ2) is 11.0. The summed E-state index contributed by atoms with van der Waals surface area (Å²) in [5, 5.41) is 0. The van der Waals surface area contributed by atoms with Crippen molar-refractivity contribution in [3.05, 3.63) is 24.3 Å². The van der Waals surface area contributed by atoms with Crippen LogP contribution in [0.1, 0.15) is 32.1 Å². The Balaban J connectivity index is 1.19. The van der Waals surface area contributed by atoms with Gasteiger partial charge in [0.2, 0.25) is 15.9 Å². The van der Waals surface area contributed by atoms with Crippen molar-refractivity contribution < 1.29 is 22.7 Å². The van der Waals surface area contributed by atoms with Crippen molar-refractivity contribution in [3.63, 3.8) is 0 Å². The van der Waals surface area contributed by atoms with E-state index in [2.05, 4.69) is 4.90 Å². The van der Waals surface area contributed by atoms with Gasteiger partial charge in [-0.3, -0.25) is 9.69 Å². The highest BCUT2D eigenvalue weighted by atomic mass is 32.2. The Labute approximate surface area is 191 Å². The maximum absolute atomic E-state index is 12.7. The molecule has 1 amide bonds. The molecule has 0 radical (unpaired) electrons. The van der Waals surface area contributed by atoms with Gasteiger partial charge in [0.25, 0.3) is 0 Å². The van der Waals surface area contributed by atoms with Gasteiger partial charge in [0, 0.05) is 51.7 Å². The number of hydrogen-bond donors (Lipinski definition) is 0. The molecular weight excluding hydrogens is 430 g/mol. The Morgan fingerprint density at radius 3 is 2.25 bits per heavy atom. The summed E-state index contributed by atoms with van der Waals surface area (Å²) >= 11 is 0. The first-order chi connectivity index (χ1) is 15.5. The minimum absolute atomic E-state index is 0.244. The zero-order chi connectivity index (χ0) is 22.4. The molecule has 0 aromatic heterocycles. The van der Waals surface area contributed by atoms with Gasteiger partial charge in [-0.2, -0.15) is 4.31 Å². The normalized spacial score (nSPS) is 22.1. The summed E-state index contributed by atoms with van der Waals surface area (Å²) in [7, 11) is -3.48. The maximum atomic E-state index is 12.7. The van der Waals surface area contributed by atoms with Crippen LogP contribution in [0.2, 0.25) is 0 Å². The van der Waals surface area contributed by atoms with Gasteiger partial charge in [0.15, 0.2) is 0 Å². The molecule has 0 atom stereocenters. The van der Waals surface area contributed by atoms with Crippen LogP contribution in [-0.4, -0.2) is 94.1 Å². The number of hydrogen-bond acceptors (Lipinski definition) is 6. The van der Waals surface area contributed by atoms with Crippen LogP contribution in [0.25, 0.3) is 0 Å². The molecule has 1 aromatic carbocycles. The quantitative estimate of drug-likeness (QED) is 0.611. The van der Waals surface area contributed by atoms with Crippen molar-refractivity contribution in [1.29, 1.82) is 0 Å². The number of carbonyl (C=O) groups excluding carboxylic acids is 1. The standard InChI is InChI=1S/C23H35N3O5S/c27-23(20-4-2-1-3-5-20)25-12-10-24(11-13-25)14-19-31-21-6-8-22(9-7-21)32(28,29)26-15-17-30-18-16-26/h6-9,20H,1-5,10-19H2. The molecule has 32 heavy (non-hydrogen) atoms. The number of nitrogens with zero attached hydrogens (tertiary/aromatic N) is 3. The second-order valence-corrected chi connectivity index (χ2v) is 10.8. The Bertz CT molecular complexity index is 841. The topological polar surface area (TPSA) is 79.4 Å². The van der Waals surface area contributed by atoms with E-state index in [9.17, 15) is 13.2 Å². The third kappa shape index (κ3) is 5.81. The molecule has 1 saturated carbocycles. The Morgan fingerprint density at radius 1 is 0.938 bits per heavy atom. The van der Waals surface area contributed by atoms with Crippen LogP contribution in [0.3, 0.4) is 0 Å². The number of piperazine rings is 1. The van der Waals surface area contributed by atoms with Gasteiger partial charge in [-0.15, -0.1) is 0 Å². The minimum Gasteiger partial charge on any atom is -0.492 e. The van der Waals surface area contributed by atoms with E-state index in [-0.39, 0.29) is 10.8 Å². The average Bonchev–Trinajstić information content (AvgIpc) is 2.85. The molecule has 1 aromatic rings. The van der Waals surface area contributed by atoms with Gasteiger partial charge >= 0.3 is 0 Å². The molecule has 0 unspecified atom stereocenters. The lowest BCUT2D eigenvalue weighted by molar-refractivity contribution is -0.138. The zero-order valence-corrected chi connectivity index (χ0v) is 19.6. The molecular formula is C23H35N3O5S. The third-order valence-corrected chi connectivity index (χ3v) is 8.66. The van der Waals surface area contributed by atoms with Gasteiger partial charge in [0.1, 0.15) is 12.4 Å². The number of morpholine rings is 1. The summed E-state index contributed by atoms with van der Waals surface area (Å²) in [6.45, 7) is 6.31. The predicted octanol–water partition coefficient (Wildman–Crippen LogP) is 1.81. The lowest BCUT2D eigenvalue weighted by Gasteiger charge is -2.37. The fourth-order valence-corrected chi connectivity index (χ4v) is 6.14. The van der Waals surface area contributed by atoms with Crippen molar-refractivity contribution in [1.82, 2.24) is 14.1 Å². The van der Waals surface area contributed by atoms with Crippen molar-refractivity contribution in [2.45, 2.75) is 37.0 Å². The molecule has 8 nitrogen and oxygen atoms in total. The molecule has 9 heteroatoms. The van der Waals surface area contributed by atoms with Crippen LogP contribution in [0.5, 0.6) is 5.75 Å². The molecule has 0 spiro atoms. The molecule has 178 valence electrons. The van der Waals surface area contributed by atoms with E-state index in [0.717, 1.165) is 45.6 Å². The van der Waals surface area contributed by atoms with Crippen LogP contribution in [0.4, 0.5) is 0 Å². The van der Waals surface area contributed by atoms with E-state index < -0.39 is 10.0 Å². The SMILES string of the molecule is O=C(C1CCCCC1)N1CCN(CCOc2ccc(S(=O)(=O)N3CCOCC3)cc2)CC1. The summed E-state index contributed by atoms with van der Waals surface area (Å²) < 4.78 is 37.9. The van der Waals surface area contributed by atoms with E-state index in [1.807, 2.05) is 4.90 Å². The molecule has 4 rings (SSSR count). The van der Waals surface area contributed by atoms with E-state index >= 15 is 0 Å². The van der Waals surface area contributed by atoms with Crippen molar-refractivity contribution in [2.75, 3.05) is 65.6 Å². The average molecular weight is 466 g/mol. The Kier molecular flexibility index (Phi) is 8.04. The van der Waals surface area contributed by atoms with Crippen molar-refractivity contribution >= 4 is 15.9 Å². The first-order valence-electron chi connectivity index (χ1n) is 11.9. The molecule has 0 bridgehead atoms. The minimum atomic E-state index is -3.48. The summed E-state index contributed by atoms with van der Waals surface area (Å²) in [5.74, 6) is 1.26. The van der Waals surface area contributed by atoms with E-state index in [1.54, 1.807) is 24.3 Å². The highest BCUT2D eigenvalue weighted by Crippen LogP contribution is 2.26. The third-order valence-electron chi connectivity index (χ3n) is 6.75. The molecule has 2 saturated heterocycles. The Hall–Kier alpha value is -1.68. The summed E-state index contributed by atoms with van der Waals surface area (Å²) in [6.07, 6.45) is 5.75. The molecule has 2 heterocycles. The first kappa shape index (κ1) is 23.5. The fraction of sp³-hybridized carbons (Fsp3) is 0.696. The van der Waals surface area contributed by atoms with E-state index in [1.165, 1.54) is 23.6 Å². The van der Waals surface area contributed by atoms with Gasteiger partial charge < -0.3 is 14.4 Å². The molecule has 3 aliphatic rings. The van der Waals surface area contributed by atoms with E-state index in [0.29, 0.717) is 44.6 Å². The number of sulfonamides is 1. The van der Waals surface area contributed by atoms with E-state index in [4.69, 9.17) is 9.47 Å². The Morgan fingerprint density at radius 2 is 1.59 bits per heavy atom. The van der Waals surface area contributed by atoms with Gasteiger partial charge in [-0.25, -0.2) is 8.42 Å². The van der Waals surface area contributed by atoms with Crippen LogP contribution in [0.15, 0.2) is 29.2 Å². The zero-order valence-electron chi connectivity index (χ0n) is 18.8. The number of ether oxygens (including phenoxy) is 2. The smallest absolute Gasteiger partial charge is 0.243 e. The van der Waals surface area contributed by atoms with Crippen LogP contribution in [-0.2, 0) is 19.6 Å². The molecule has 3 fully saturated rings. The van der Waals surface area contributed by atoms with Gasteiger partial charge in [0.05, 0.1) is 18.1 Å². The van der Waals surface area contributed by atoms with Crippen LogP contribution in [0, 0.1) is 5.92 Å². The fourth-order valence-electron chi connectivity index (χ4n) is 4.74. The number of amides is 1.